The SMILES string of the molecule is O=[N+]([O-])c1cc(S(=O)(=O)C(Cl)Cl)ccc1Br. The van der Waals surface area contributed by atoms with Crippen molar-refractivity contribution in [3.05, 3.63) is 32.8 Å². The molecule has 0 N–H and O–H groups in total. The van der Waals surface area contributed by atoms with E-state index >= 15 is 0 Å². The lowest BCUT2D eigenvalue weighted by Gasteiger charge is -2.04. The van der Waals surface area contributed by atoms with E-state index in [0.29, 0.717) is 0 Å². The van der Waals surface area contributed by atoms with Gasteiger partial charge in [-0.05, 0) is 28.1 Å². The first-order valence-corrected chi connectivity index (χ1v) is 6.94. The van der Waals surface area contributed by atoms with E-state index < -0.39 is 18.9 Å². The Morgan fingerprint density at radius 2 is 1.94 bits per heavy atom. The zero-order chi connectivity index (χ0) is 12.5. The number of hydrogen-bond donors (Lipinski definition) is 0. The standard InChI is InChI=1S/C7H4BrCl2NO4S/c8-5-2-1-4(3-6(5)11(12)13)16(14,15)7(9)10/h1-3,7H. The number of hydrogen-bond acceptors (Lipinski definition) is 4. The number of nitrogens with zero attached hydrogens (tertiary/aromatic N) is 1. The lowest BCUT2D eigenvalue weighted by Crippen LogP contribution is -2.09. The normalized spacial score (nSPS) is 11.8. The van der Waals surface area contributed by atoms with Crippen molar-refractivity contribution >= 4 is 54.7 Å². The molecule has 0 fully saturated rings. The molecule has 16 heavy (non-hydrogen) atoms. The van der Waals surface area contributed by atoms with Crippen LogP contribution in [0.2, 0.25) is 0 Å². The fourth-order valence-electron chi connectivity index (χ4n) is 0.912. The van der Waals surface area contributed by atoms with Crippen molar-refractivity contribution < 1.29 is 13.3 Å². The Bertz CT molecular complexity index is 531. The third-order valence-corrected chi connectivity index (χ3v) is 5.14. The summed E-state index contributed by atoms with van der Waals surface area (Å²) in [7, 11) is -3.94. The van der Waals surface area contributed by atoms with Crippen LogP contribution < -0.4 is 0 Å². The average molecular weight is 349 g/mol. The van der Waals surface area contributed by atoms with E-state index in [1.807, 2.05) is 0 Å². The third-order valence-electron chi connectivity index (χ3n) is 1.68. The first-order chi connectivity index (χ1) is 7.26. The van der Waals surface area contributed by atoms with E-state index in [0.717, 1.165) is 6.07 Å². The average Bonchev–Trinajstić information content (AvgIpc) is 2.17. The molecular weight excluding hydrogens is 345 g/mol. The monoisotopic (exact) mass is 347 g/mol. The number of rotatable bonds is 3. The summed E-state index contributed by atoms with van der Waals surface area (Å²) < 4.78 is 21.6. The van der Waals surface area contributed by atoms with Gasteiger partial charge in [0.15, 0.2) is 0 Å². The molecule has 0 bridgehead atoms. The van der Waals surface area contributed by atoms with Crippen LogP contribution in [-0.2, 0) is 9.84 Å². The van der Waals surface area contributed by atoms with E-state index in [-0.39, 0.29) is 15.1 Å². The highest BCUT2D eigenvalue weighted by molar-refractivity contribution is 9.10. The second-order valence-electron chi connectivity index (χ2n) is 2.68. The lowest BCUT2D eigenvalue weighted by atomic mass is 10.3. The van der Waals surface area contributed by atoms with Gasteiger partial charge in [0, 0.05) is 6.07 Å². The molecule has 1 rings (SSSR count). The Morgan fingerprint density at radius 1 is 1.38 bits per heavy atom. The van der Waals surface area contributed by atoms with E-state index in [4.69, 9.17) is 23.2 Å². The molecule has 0 heterocycles. The molecule has 0 aliphatic heterocycles. The van der Waals surface area contributed by atoms with Crippen LogP contribution in [0.25, 0.3) is 0 Å². The molecule has 1 aromatic rings. The highest BCUT2D eigenvalue weighted by atomic mass is 79.9. The van der Waals surface area contributed by atoms with Gasteiger partial charge in [-0.2, -0.15) is 0 Å². The minimum atomic E-state index is -3.94. The molecule has 1 aromatic carbocycles. The molecule has 0 saturated heterocycles. The second kappa shape index (κ2) is 4.87. The van der Waals surface area contributed by atoms with Crippen molar-refractivity contribution in [2.45, 2.75) is 9.06 Å². The van der Waals surface area contributed by atoms with Crippen LogP contribution in [0.1, 0.15) is 0 Å². The molecule has 0 aliphatic carbocycles. The molecular formula is C7H4BrCl2NO4S. The van der Waals surface area contributed by atoms with Crippen LogP contribution in [0.4, 0.5) is 5.69 Å². The number of nitro groups is 1. The van der Waals surface area contributed by atoms with Gasteiger partial charge >= 0.3 is 0 Å². The number of benzene rings is 1. The van der Waals surface area contributed by atoms with Crippen molar-refractivity contribution in [2.75, 3.05) is 0 Å². The Kier molecular flexibility index (Phi) is 4.17. The maximum Gasteiger partial charge on any atom is 0.284 e. The Labute approximate surface area is 110 Å². The van der Waals surface area contributed by atoms with Gasteiger partial charge in [-0.3, -0.25) is 10.1 Å². The van der Waals surface area contributed by atoms with Gasteiger partial charge < -0.3 is 0 Å². The van der Waals surface area contributed by atoms with Gasteiger partial charge in [-0.15, -0.1) is 0 Å². The van der Waals surface area contributed by atoms with E-state index in [1.165, 1.54) is 12.1 Å². The largest absolute Gasteiger partial charge is 0.284 e. The first kappa shape index (κ1) is 13.7. The molecule has 5 nitrogen and oxygen atoms in total. The summed E-state index contributed by atoms with van der Waals surface area (Å²) in [6, 6.07) is 3.34. The predicted octanol–water partition coefficient (Wildman–Crippen LogP) is 2.89. The molecule has 0 spiro atoms. The van der Waals surface area contributed by atoms with E-state index in [9.17, 15) is 18.5 Å². The molecule has 0 saturated carbocycles. The number of sulfone groups is 1. The highest BCUT2D eigenvalue weighted by Gasteiger charge is 2.26. The minimum Gasteiger partial charge on any atom is -0.258 e. The molecule has 0 unspecified atom stereocenters. The van der Waals surface area contributed by atoms with Crippen LogP contribution in [0.15, 0.2) is 27.6 Å². The van der Waals surface area contributed by atoms with Gasteiger partial charge in [-0.25, -0.2) is 8.42 Å². The number of halogens is 3. The van der Waals surface area contributed by atoms with Gasteiger partial charge in [0.1, 0.15) is 0 Å². The predicted molar refractivity (Wildman–Crippen MR) is 63.5 cm³/mol. The number of alkyl halides is 2. The zero-order valence-electron chi connectivity index (χ0n) is 7.43. The van der Waals surface area contributed by atoms with Crippen molar-refractivity contribution in [3.63, 3.8) is 0 Å². The summed E-state index contributed by atoms with van der Waals surface area (Å²) in [5.74, 6) is 0. The molecule has 88 valence electrons. The van der Waals surface area contributed by atoms with Crippen LogP contribution in [0.5, 0.6) is 0 Å². The van der Waals surface area contributed by atoms with Gasteiger partial charge in [0.05, 0.1) is 14.3 Å². The summed E-state index contributed by atoms with van der Waals surface area (Å²) in [5, 5.41) is 10.6. The molecule has 0 aromatic heterocycles. The molecule has 9 heteroatoms. The van der Waals surface area contributed by atoms with Gasteiger partial charge in [-0.1, -0.05) is 23.2 Å². The Balaban J connectivity index is 3.40. The first-order valence-electron chi connectivity index (χ1n) is 3.73. The quantitative estimate of drug-likeness (QED) is 0.478. The van der Waals surface area contributed by atoms with Crippen LogP contribution in [-0.4, -0.2) is 17.5 Å². The van der Waals surface area contributed by atoms with Gasteiger partial charge in [0.25, 0.3) is 5.69 Å². The van der Waals surface area contributed by atoms with E-state index in [1.54, 1.807) is 0 Å². The van der Waals surface area contributed by atoms with Crippen LogP contribution in [0, 0.1) is 10.1 Å². The fourth-order valence-corrected chi connectivity index (χ4v) is 2.66. The summed E-state index contributed by atoms with van der Waals surface area (Å²) in [6.45, 7) is 0. The lowest BCUT2D eigenvalue weighted by molar-refractivity contribution is -0.385. The molecule has 0 amide bonds. The molecule has 0 radical (unpaired) electrons. The van der Waals surface area contributed by atoms with Crippen molar-refractivity contribution in [2.24, 2.45) is 0 Å². The second-order valence-corrected chi connectivity index (χ2v) is 7.18. The maximum absolute atomic E-state index is 11.5. The smallest absolute Gasteiger partial charge is 0.258 e. The van der Waals surface area contributed by atoms with Gasteiger partial charge in [0.2, 0.25) is 14.0 Å². The van der Waals surface area contributed by atoms with Crippen molar-refractivity contribution in [1.82, 2.24) is 0 Å². The third kappa shape index (κ3) is 2.65. The van der Waals surface area contributed by atoms with E-state index in [2.05, 4.69) is 15.9 Å². The highest BCUT2D eigenvalue weighted by Crippen LogP contribution is 2.30. The molecule has 0 aliphatic rings. The number of nitro benzene ring substituents is 1. The van der Waals surface area contributed by atoms with Crippen molar-refractivity contribution in [1.29, 1.82) is 0 Å². The summed E-state index contributed by atoms with van der Waals surface area (Å²) in [5.41, 5.74) is -0.366. The zero-order valence-corrected chi connectivity index (χ0v) is 11.3. The fraction of sp³-hybridized carbons (Fsp3) is 0.143. The van der Waals surface area contributed by atoms with Crippen molar-refractivity contribution in [3.8, 4) is 0 Å². The Hall–Kier alpha value is -0.370. The Morgan fingerprint density at radius 3 is 2.38 bits per heavy atom. The summed E-state index contributed by atoms with van der Waals surface area (Å²) in [4.78, 5) is 9.58. The topological polar surface area (TPSA) is 77.3 Å². The maximum atomic E-state index is 11.5. The van der Waals surface area contributed by atoms with Crippen LogP contribution in [0.3, 0.4) is 0 Å². The summed E-state index contributed by atoms with van der Waals surface area (Å²) in [6.07, 6.45) is 0. The van der Waals surface area contributed by atoms with Crippen LogP contribution >= 0.6 is 39.1 Å². The molecule has 0 atom stereocenters. The minimum absolute atomic E-state index is 0.178. The summed E-state index contributed by atoms with van der Waals surface area (Å²) >= 11 is 13.5.